The quantitative estimate of drug-likeness (QED) is 0.715. The van der Waals surface area contributed by atoms with E-state index in [9.17, 15) is 0 Å². The minimum absolute atomic E-state index is 0.302. The fourth-order valence-electron chi connectivity index (χ4n) is 2.29. The predicted octanol–water partition coefficient (Wildman–Crippen LogP) is 5.31. The molecule has 0 radical (unpaired) electrons. The summed E-state index contributed by atoms with van der Waals surface area (Å²) in [6.07, 6.45) is 2.36. The fourth-order valence-corrected chi connectivity index (χ4v) is 3.33. The van der Waals surface area contributed by atoms with E-state index in [1.54, 1.807) is 0 Å². The van der Waals surface area contributed by atoms with Crippen LogP contribution < -0.4 is 5.32 Å². The Balaban J connectivity index is 2.16. The lowest BCUT2D eigenvalue weighted by Gasteiger charge is -2.18. The van der Waals surface area contributed by atoms with Gasteiger partial charge < -0.3 is 9.73 Å². The molecular weight excluding hydrogens is 278 g/mol. The molecule has 2 nitrogen and oxygen atoms in total. The van der Waals surface area contributed by atoms with Crippen LogP contribution in [-0.4, -0.2) is 17.5 Å². The molecule has 116 valence electrons. The maximum Gasteiger partial charge on any atom is 0.134 e. The van der Waals surface area contributed by atoms with Gasteiger partial charge in [0.15, 0.2) is 0 Å². The van der Waals surface area contributed by atoms with Gasteiger partial charge in [-0.2, -0.15) is 11.8 Å². The molecule has 1 aromatic carbocycles. The molecule has 0 saturated heterocycles. The summed E-state index contributed by atoms with van der Waals surface area (Å²) in [5.74, 6) is 2.13. The zero-order chi connectivity index (χ0) is 15.2. The summed E-state index contributed by atoms with van der Waals surface area (Å²) in [4.78, 5) is 0. The maximum atomic E-state index is 6.07. The second kappa shape index (κ2) is 7.90. The third-order valence-electron chi connectivity index (χ3n) is 3.80. The first-order valence-corrected chi connectivity index (χ1v) is 9.04. The molecule has 2 atom stereocenters. The highest BCUT2D eigenvalue weighted by atomic mass is 32.2. The molecule has 0 fully saturated rings. The molecule has 1 aromatic heterocycles. The number of hydrogen-bond acceptors (Lipinski definition) is 3. The highest BCUT2D eigenvalue weighted by Crippen LogP contribution is 2.28. The second-order valence-electron chi connectivity index (χ2n) is 5.75. The molecule has 2 rings (SSSR count). The van der Waals surface area contributed by atoms with Gasteiger partial charge in [-0.25, -0.2) is 0 Å². The lowest BCUT2D eigenvalue weighted by molar-refractivity contribution is 0.456. The van der Waals surface area contributed by atoms with Crippen LogP contribution >= 0.6 is 11.8 Å². The summed E-state index contributed by atoms with van der Waals surface area (Å²) in [6.45, 7) is 9.90. The largest absolute Gasteiger partial charge is 0.459 e. The van der Waals surface area contributed by atoms with Crippen LogP contribution in [-0.2, 0) is 0 Å². The molecule has 0 bridgehead atoms. The number of furan rings is 1. The van der Waals surface area contributed by atoms with Crippen LogP contribution in [0.2, 0.25) is 0 Å². The topological polar surface area (TPSA) is 25.2 Å². The fraction of sp³-hybridized carbons (Fsp3) is 0.556. The molecule has 0 saturated carbocycles. The van der Waals surface area contributed by atoms with Gasteiger partial charge in [-0.05, 0) is 44.5 Å². The van der Waals surface area contributed by atoms with Crippen molar-refractivity contribution in [1.82, 2.24) is 5.32 Å². The molecule has 2 aromatic rings. The third kappa shape index (κ3) is 4.52. The van der Waals surface area contributed by atoms with Crippen LogP contribution in [0.5, 0.6) is 0 Å². The highest BCUT2D eigenvalue weighted by molar-refractivity contribution is 7.99. The van der Waals surface area contributed by atoms with Crippen molar-refractivity contribution in [3.05, 3.63) is 35.6 Å². The van der Waals surface area contributed by atoms with Crippen LogP contribution in [0.1, 0.15) is 51.0 Å². The van der Waals surface area contributed by atoms with E-state index in [-0.39, 0.29) is 0 Å². The van der Waals surface area contributed by atoms with Crippen molar-refractivity contribution >= 4 is 22.7 Å². The average Bonchev–Trinajstić information content (AvgIpc) is 2.89. The van der Waals surface area contributed by atoms with E-state index >= 15 is 0 Å². The van der Waals surface area contributed by atoms with E-state index in [1.165, 1.54) is 17.4 Å². The van der Waals surface area contributed by atoms with Gasteiger partial charge in [-0.3, -0.25) is 0 Å². The summed E-state index contributed by atoms with van der Waals surface area (Å²) in [5.41, 5.74) is 2.27. The molecule has 2 unspecified atom stereocenters. The smallest absolute Gasteiger partial charge is 0.134 e. The first-order chi connectivity index (χ1) is 10.1. The van der Waals surface area contributed by atoms with E-state index in [2.05, 4.69) is 57.3 Å². The van der Waals surface area contributed by atoms with Crippen molar-refractivity contribution in [3.8, 4) is 0 Å². The SMILES string of the molecule is CCCNC(CSC(C)CC)c1cc2cc(C)ccc2o1. The zero-order valence-corrected chi connectivity index (χ0v) is 14.4. The Morgan fingerprint density at radius 2 is 2.05 bits per heavy atom. The van der Waals surface area contributed by atoms with Crippen molar-refractivity contribution in [2.75, 3.05) is 12.3 Å². The summed E-state index contributed by atoms with van der Waals surface area (Å²) < 4.78 is 6.07. The van der Waals surface area contributed by atoms with Crippen LogP contribution in [0.3, 0.4) is 0 Å². The Morgan fingerprint density at radius 3 is 2.76 bits per heavy atom. The lowest BCUT2D eigenvalue weighted by atomic mass is 10.1. The molecule has 0 aliphatic carbocycles. The Kier molecular flexibility index (Phi) is 6.19. The Hall–Kier alpha value is -0.930. The van der Waals surface area contributed by atoms with Crippen molar-refractivity contribution in [1.29, 1.82) is 0 Å². The van der Waals surface area contributed by atoms with Crippen molar-refractivity contribution in [2.24, 2.45) is 0 Å². The molecule has 3 heteroatoms. The number of rotatable bonds is 8. The molecular formula is C18H27NOS. The second-order valence-corrected chi connectivity index (χ2v) is 7.22. The summed E-state index contributed by atoms with van der Waals surface area (Å²) in [7, 11) is 0. The van der Waals surface area contributed by atoms with Crippen molar-refractivity contribution < 1.29 is 4.42 Å². The van der Waals surface area contributed by atoms with Crippen LogP contribution in [0, 0.1) is 6.92 Å². The van der Waals surface area contributed by atoms with Gasteiger partial charge in [0.2, 0.25) is 0 Å². The minimum atomic E-state index is 0.302. The lowest BCUT2D eigenvalue weighted by Crippen LogP contribution is -2.24. The monoisotopic (exact) mass is 305 g/mol. The minimum Gasteiger partial charge on any atom is -0.459 e. The van der Waals surface area contributed by atoms with Gasteiger partial charge >= 0.3 is 0 Å². The molecule has 21 heavy (non-hydrogen) atoms. The molecule has 0 aliphatic heterocycles. The van der Waals surface area contributed by atoms with Gasteiger partial charge in [-0.15, -0.1) is 0 Å². The normalized spacial score (nSPS) is 14.5. The Labute approximate surface area is 132 Å². The van der Waals surface area contributed by atoms with E-state index < -0.39 is 0 Å². The Bertz CT molecular complexity index is 563. The molecule has 0 aliphatic rings. The van der Waals surface area contributed by atoms with E-state index in [0.717, 1.165) is 30.1 Å². The van der Waals surface area contributed by atoms with Crippen LogP contribution in [0.15, 0.2) is 28.7 Å². The number of thioether (sulfide) groups is 1. The van der Waals surface area contributed by atoms with Crippen LogP contribution in [0.25, 0.3) is 11.0 Å². The van der Waals surface area contributed by atoms with Gasteiger partial charge in [0.1, 0.15) is 11.3 Å². The summed E-state index contributed by atoms with van der Waals surface area (Å²) in [6, 6.07) is 8.88. The predicted molar refractivity (Wildman–Crippen MR) is 94.2 cm³/mol. The highest BCUT2D eigenvalue weighted by Gasteiger charge is 2.17. The van der Waals surface area contributed by atoms with Gasteiger partial charge in [0.25, 0.3) is 0 Å². The molecule has 0 amide bonds. The van der Waals surface area contributed by atoms with E-state index in [0.29, 0.717) is 11.3 Å². The van der Waals surface area contributed by atoms with Crippen LogP contribution in [0.4, 0.5) is 0 Å². The molecule has 0 spiro atoms. The van der Waals surface area contributed by atoms with E-state index in [4.69, 9.17) is 4.42 Å². The standard InChI is InChI=1S/C18H27NOS/c1-5-9-19-16(12-21-14(4)6-2)18-11-15-10-13(3)7-8-17(15)20-18/h7-8,10-11,14,16,19H,5-6,9,12H2,1-4H3. The van der Waals surface area contributed by atoms with Crippen molar-refractivity contribution in [2.45, 2.75) is 51.8 Å². The third-order valence-corrected chi connectivity index (χ3v) is 5.23. The molecule has 1 N–H and O–H groups in total. The van der Waals surface area contributed by atoms with E-state index in [1.807, 2.05) is 11.8 Å². The average molecular weight is 305 g/mol. The number of hydrogen-bond donors (Lipinski definition) is 1. The maximum absolute atomic E-state index is 6.07. The molecule has 1 heterocycles. The summed E-state index contributed by atoms with van der Waals surface area (Å²) >= 11 is 2.02. The first kappa shape index (κ1) is 16.4. The number of aryl methyl sites for hydroxylation is 1. The Morgan fingerprint density at radius 1 is 1.24 bits per heavy atom. The van der Waals surface area contributed by atoms with Gasteiger partial charge in [0, 0.05) is 16.4 Å². The van der Waals surface area contributed by atoms with Crippen molar-refractivity contribution in [3.63, 3.8) is 0 Å². The number of fused-ring (bicyclic) bond motifs is 1. The number of benzene rings is 1. The van der Waals surface area contributed by atoms with Gasteiger partial charge in [0.05, 0.1) is 6.04 Å². The summed E-state index contributed by atoms with van der Waals surface area (Å²) in [5, 5.41) is 5.53. The first-order valence-electron chi connectivity index (χ1n) is 7.99. The zero-order valence-electron chi connectivity index (χ0n) is 13.6. The number of nitrogens with one attached hydrogen (secondary N) is 1. The van der Waals surface area contributed by atoms with Gasteiger partial charge in [-0.1, -0.05) is 32.4 Å².